The largest absolute Gasteiger partial charge is 0.398 e. The molecular formula is C23H29N3O3. The summed E-state index contributed by atoms with van der Waals surface area (Å²) in [7, 11) is 2.97. The quantitative estimate of drug-likeness (QED) is 0.543. The second-order valence-corrected chi connectivity index (χ2v) is 7.02. The number of carbonyl (C=O) groups is 1. The zero-order valence-corrected chi connectivity index (χ0v) is 17.9. The highest BCUT2D eigenvalue weighted by molar-refractivity contribution is 6.45. The standard InChI is InChI=1S/C23H29N3O3/c1-15(2)21(18-12-8-7-10-16(18)3)26-29-14-20-17(4)11-9-13-19(20)22(25-28-6)23(27)24-5/h7-13,15H,14H2,1-6H3,(H,24,27)/b25-22+,26-21+. The lowest BCUT2D eigenvalue weighted by Gasteiger charge is -2.15. The summed E-state index contributed by atoms with van der Waals surface area (Å²) in [6.07, 6.45) is 0. The van der Waals surface area contributed by atoms with Crippen LogP contribution in [0.5, 0.6) is 0 Å². The molecule has 0 unspecified atom stereocenters. The van der Waals surface area contributed by atoms with Gasteiger partial charge in [0, 0.05) is 23.7 Å². The van der Waals surface area contributed by atoms with Crippen LogP contribution in [0.2, 0.25) is 0 Å². The number of rotatable bonds is 8. The fourth-order valence-electron chi connectivity index (χ4n) is 3.03. The average molecular weight is 396 g/mol. The molecule has 6 heteroatoms. The third kappa shape index (κ3) is 5.44. The molecule has 0 saturated carbocycles. The van der Waals surface area contributed by atoms with Gasteiger partial charge in [0.15, 0.2) is 5.71 Å². The third-order valence-corrected chi connectivity index (χ3v) is 4.63. The fraction of sp³-hybridized carbons (Fsp3) is 0.348. The van der Waals surface area contributed by atoms with Gasteiger partial charge in [-0.25, -0.2) is 0 Å². The van der Waals surface area contributed by atoms with Crippen molar-refractivity contribution < 1.29 is 14.5 Å². The Morgan fingerprint density at radius 2 is 1.66 bits per heavy atom. The van der Waals surface area contributed by atoms with E-state index in [1.807, 2.05) is 43.3 Å². The van der Waals surface area contributed by atoms with Crippen molar-refractivity contribution in [3.05, 3.63) is 70.3 Å². The molecule has 2 aromatic rings. The van der Waals surface area contributed by atoms with Crippen LogP contribution in [0.4, 0.5) is 0 Å². The van der Waals surface area contributed by atoms with Crippen LogP contribution in [0.25, 0.3) is 0 Å². The van der Waals surface area contributed by atoms with Gasteiger partial charge < -0.3 is 15.0 Å². The van der Waals surface area contributed by atoms with Gasteiger partial charge in [0.1, 0.15) is 13.7 Å². The lowest BCUT2D eigenvalue weighted by atomic mass is 9.96. The summed E-state index contributed by atoms with van der Waals surface area (Å²) in [5, 5.41) is 11.0. The number of hydrogen-bond donors (Lipinski definition) is 1. The summed E-state index contributed by atoms with van der Waals surface area (Å²) in [6, 6.07) is 13.8. The molecule has 0 aliphatic heterocycles. The normalized spacial score (nSPS) is 12.1. The first-order valence-corrected chi connectivity index (χ1v) is 9.58. The second-order valence-electron chi connectivity index (χ2n) is 7.02. The molecule has 1 N–H and O–H groups in total. The van der Waals surface area contributed by atoms with E-state index in [2.05, 4.69) is 42.5 Å². The van der Waals surface area contributed by atoms with E-state index in [4.69, 9.17) is 9.68 Å². The zero-order valence-electron chi connectivity index (χ0n) is 17.9. The predicted molar refractivity (Wildman–Crippen MR) is 116 cm³/mol. The smallest absolute Gasteiger partial charge is 0.273 e. The number of oxime groups is 2. The molecule has 2 rings (SSSR count). The van der Waals surface area contributed by atoms with Crippen molar-refractivity contribution in [3.8, 4) is 0 Å². The molecule has 29 heavy (non-hydrogen) atoms. The summed E-state index contributed by atoms with van der Waals surface area (Å²) in [6.45, 7) is 8.41. The van der Waals surface area contributed by atoms with Crippen molar-refractivity contribution in [2.24, 2.45) is 16.2 Å². The Bertz CT molecular complexity index is 917. The lowest BCUT2D eigenvalue weighted by Crippen LogP contribution is -2.29. The predicted octanol–water partition coefficient (Wildman–Crippen LogP) is 3.98. The molecule has 0 bridgehead atoms. The molecule has 2 aromatic carbocycles. The molecule has 0 radical (unpaired) electrons. The molecule has 1 amide bonds. The van der Waals surface area contributed by atoms with E-state index < -0.39 is 0 Å². The third-order valence-electron chi connectivity index (χ3n) is 4.63. The van der Waals surface area contributed by atoms with Gasteiger partial charge in [0.2, 0.25) is 0 Å². The highest BCUT2D eigenvalue weighted by Gasteiger charge is 2.19. The molecule has 0 heterocycles. The number of nitrogens with one attached hydrogen (secondary N) is 1. The molecule has 0 spiro atoms. The van der Waals surface area contributed by atoms with Crippen molar-refractivity contribution in [3.63, 3.8) is 0 Å². The van der Waals surface area contributed by atoms with Gasteiger partial charge in [-0.05, 0) is 30.9 Å². The molecule has 0 aliphatic carbocycles. The van der Waals surface area contributed by atoms with Gasteiger partial charge in [-0.1, -0.05) is 66.6 Å². The topological polar surface area (TPSA) is 72.3 Å². The van der Waals surface area contributed by atoms with Crippen LogP contribution in [-0.4, -0.2) is 31.5 Å². The van der Waals surface area contributed by atoms with Gasteiger partial charge in [-0.3, -0.25) is 4.79 Å². The summed E-state index contributed by atoms with van der Waals surface area (Å²) >= 11 is 0. The van der Waals surface area contributed by atoms with Crippen molar-refractivity contribution in [1.82, 2.24) is 5.32 Å². The van der Waals surface area contributed by atoms with Crippen LogP contribution in [-0.2, 0) is 21.1 Å². The first-order chi connectivity index (χ1) is 13.9. The first-order valence-electron chi connectivity index (χ1n) is 9.58. The van der Waals surface area contributed by atoms with Crippen LogP contribution in [0.15, 0.2) is 52.8 Å². The SMILES string of the molecule is CNC(=O)/C(=N/OC)c1cccc(C)c1CO/N=C(/c1ccccc1C)C(C)C. The Morgan fingerprint density at radius 1 is 1.00 bits per heavy atom. The summed E-state index contributed by atoms with van der Waals surface area (Å²) in [4.78, 5) is 22.9. The van der Waals surface area contributed by atoms with Crippen LogP contribution in [0.3, 0.4) is 0 Å². The number of amides is 1. The number of hydrogen-bond acceptors (Lipinski definition) is 5. The zero-order chi connectivity index (χ0) is 21.4. The number of benzene rings is 2. The average Bonchev–Trinajstić information content (AvgIpc) is 2.70. The van der Waals surface area contributed by atoms with Gasteiger partial charge in [-0.2, -0.15) is 0 Å². The highest BCUT2D eigenvalue weighted by atomic mass is 16.6. The maximum atomic E-state index is 12.3. The highest BCUT2D eigenvalue weighted by Crippen LogP contribution is 2.19. The van der Waals surface area contributed by atoms with Crippen molar-refractivity contribution >= 4 is 17.3 Å². The van der Waals surface area contributed by atoms with E-state index in [1.54, 1.807) is 7.05 Å². The first kappa shape index (κ1) is 22.1. The molecule has 6 nitrogen and oxygen atoms in total. The molecule has 0 aromatic heterocycles. The summed E-state index contributed by atoms with van der Waals surface area (Å²) in [5.41, 5.74) is 5.77. The Hall–Kier alpha value is -3.15. The van der Waals surface area contributed by atoms with Crippen LogP contribution in [0, 0.1) is 19.8 Å². The summed E-state index contributed by atoms with van der Waals surface area (Å²) in [5.74, 6) is -0.131. The van der Waals surface area contributed by atoms with Gasteiger partial charge in [0.05, 0.1) is 5.71 Å². The second kappa shape index (κ2) is 10.4. The van der Waals surface area contributed by atoms with E-state index in [0.29, 0.717) is 5.56 Å². The van der Waals surface area contributed by atoms with Crippen LogP contribution < -0.4 is 5.32 Å². The molecule has 0 aliphatic rings. The van der Waals surface area contributed by atoms with Crippen LogP contribution >= 0.6 is 0 Å². The van der Waals surface area contributed by atoms with Crippen molar-refractivity contribution in [2.45, 2.75) is 34.3 Å². The maximum Gasteiger partial charge on any atom is 0.273 e. The van der Waals surface area contributed by atoms with Crippen molar-refractivity contribution in [2.75, 3.05) is 14.2 Å². The minimum atomic E-state index is -0.329. The monoisotopic (exact) mass is 395 g/mol. The molecule has 0 fully saturated rings. The Labute approximate surface area is 172 Å². The van der Waals surface area contributed by atoms with E-state index in [0.717, 1.165) is 28.0 Å². The van der Waals surface area contributed by atoms with Crippen molar-refractivity contribution in [1.29, 1.82) is 0 Å². The van der Waals surface area contributed by atoms with Crippen LogP contribution in [0.1, 0.15) is 41.7 Å². The van der Waals surface area contributed by atoms with Gasteiger partial charge >= 0.3 is 0 Å². The minimum absolute atomic E-state index is 0.198. The molecular weight excluding hydrogens is 366 g/mol. The van der Waals surface area contributed by atoms with E-state index in [1.165, 1.54) is 7.11 Å². The lowest BCUT2D eigenvalue weighted by molar-refractivity contribution is -0.114. The number of nitrogens with zero attached hydrogens (tertiary/aromatic N) is 2. The number of likely N-dealkylation sites (N-methyl/N-ethyl adjacent to an activating group) is 1. The van der Waals surface area contributed by atoms with E-state index in [9.17, 15) is 4.79 Å². The van der Waals surface area contributed by atoms with E-state index >= 15 is 0 Å². The molecule has 0 saturated heterocycles. The Balaban J connectivity index is 2.37. The van der Waals surface area contributed by atoms with E-state index in [-0.39, 0.29) is 24.1 Å². The van der Waals surface area contributed by atoms with Gasteiger partial charge in [-0.15, -0.1) is 0 Å². The fourth-order valence-corrected chi connectivity index (χ4v) is 3.03. The molecule has 154 valence electrons. The maximum absolute atomic E-state index is 12.3. The van der Waals surface area contributed by atoms with Gasteiger partial charge in [0.25, 0.3) is 5.91 Å². The Kier molecular flexibility index (Phi) is 7.95. The summed E-state index contributed by atoms with van der Waals surface area (Å²) < 4.78 is 0. The minimum Gasteiger partial charge on any atom is -0.398 e. The number of carbonyl (C=O) groups excluding carboxylic acids is 1. The molecule has 0 atom stereocenters. The number of aryl methyl sites for hydroxylation is 2. The Morgan fingerprint density at radius 3 is 2.28 bits per heavy atom.